The third kappa shape index (κ3) is 4.16. The van der Waals surface area contributed by atoms with Gasteiger partial charge in [-0.2, -0.15) is 4.31 Å². The summed E-state index contributed by atoms with van der Waals surface area (Å²) >= 11 is 0. The zero-order valence-corrected chi connectivity index (χ0v) is 17.5. The summed E-state index contributed by atoms with van der Waals surface area (Å²) in [6.45, 7) is 2.74. The molecule has 1 unspecified atom stereocenters. The van der Waals surface area contributed by atoms with Crippen molar-refractivity contribution in [1.29, 1.82) is 0 Å². The smallest absolute Gasteiger partial charge is 0.245 e. The lowest BCUT2D eigenvalue weighted by atomic mass is 10.2. The largest absolute Gasteiger partial charge is 0.345 e. The third-order valence-electron chi connectivity index (χ3n) is 5.42. The van der Waals surface area contributed by atoms with Crippen molar-refractivity contribution < 1.29 is 22.0 Å². The Kier molecular flexibility index (Phi) is 5.73. The van der Waals surface area contributed by atoms with Gasteiger partial charge in [0.05, 0.1) is 11.7 Å². The van der Waals surface area contributed by atoms with Crippen molar-refractivity contribution in [2.45, 2.75) is 17.9 Å². The number of hydrogen-bond acceptors (Lipinski definition) is 5. The number of halogens is 2. The van der Waals surface area contributed by atoms with Crippen LogP contribution in [0.4, 0.5) is 14.5 Å². The molecule has 11 heteroatoms. The maximum atomic E-state index is 13.8. The summed E-state index contributed by atoms with van der Waals surface area (Å²) in [7, 11) is -3.72. The Morgan fingerprint density at radius 3 is 2.65 bits per heavy atom. The average molecular weight is 449 g/mol. The summed E-state index contributed by atoms with van der Waals surface area (Å²) in [6.07, 6.45) is 3.02. The highest BCUT2D eigenvalue weighted by molar-refractivity contribution is 7.89. The predicted molar refractivity (Wildman–Crippen MR) is 111 cm³/mol. The van der Waals surface area contributed by atoms with Crippen molar-refractivity contribution in [1.82, 2.24) is 19.2 Å². The second-order valence-electron chi connectivity index (χ2n) is 7.28. The van der Waals surface area contributed by atoms with Crippen molar-refractivity contribution in [3.63, 3.8) is 0 Å². The number of amides is 1. The van der Waals surface area contributed by atoms with Crippen LogP contribution < -0.4 is 5.32 Å². The number of nitrogens with zero attached hydrogens (tertiary/aromatic N) is 3. The fourth-order valence-electron chi connectivity index (χ4n) is 3.61. The maximum absolute atomic E-state index is 13.8. The van der Waals surface area contributed by atoms with Crippen LogP contribution in [0.15, 0.2) is 47.6 Å². The SMILES string of the molecule is CC(C(=O)Nc1ccc(F)cc1F)N1CCN(S(=O)(=O)c2c[nH]c3ncccc23)CC1. The highest BCUT2D eigenvalue weighted by Crippen LogP contribution is 2.25. The standard InChI is InChI=1S/C20H21F2N5O3S/c1-13(20(28)25-17-5-4-14(21)11-16(17)22)26-7-9-27(10-8-26)31(29,30)18-12-24-19-15(18)3-2-6-23-19/h2-6,11-13H,7-10H2,1H3,(H,23,24)(H,25,28). The molecule has 1 aliphatic rings. The van der Waals surface area contributed by atoms with Gasteiger partial charge in [-0.3, -0.25) is 9.69 Å². The molecular weight excluding hydrogens is 428 g/mol. The first-order valence-corrected chi connectivity index (χ1v) is 11.1. The Balaban J connectivity index is 1.41. The summed E-state index contributed by atoms with van der Waals surface area (Å²) in [6, 6.07) is 5.68. The van der Waals surface area contributed by atoms with Gasteiger partial charge >= 0.3 is 0 Å². The molecule has 3 aromatic rings. The fraction of sp³-hybridized carbons (Fsp3) is 0.300. The van der Waals surface area contributed by atoms with Crippen LogP contribution in [0.2, 0.25) is 0 Å². The van der Waals surface area contributed by atoms with E-state index in [9.17, 15) is 22.0 Å². The fourth-order valence-corrected chi connectivity index (χ4v) is 5.18. The van der Waals surface area contributed by atoms with Gasteiger partial charge in [-0.15, -0.1) is 0 Å². The number of pyridine rings is 1. The van der Waals surface area contributed by atoms with Crippen LogP contribution in [0.1, 0.15) is 6.92 Å². The normalized spacial score (nSPS) is 17.0. The molecule has 1 aliphatic heterocycles. The molecule has 2 aromatic heterocycles. The molecule has 0 aliphatic carbocycles. The number of aromatic amines is 1. The summed E-state index contributed by atoms with van der Waals surface area (Å²) in [5.41, 5.74) is 0.394. The lowest BCUT2D eigenvalue weighted by molar-refractivity contribution is -0.121. The van der Waals surface area contributed by atoms with Crippen LogP contribution in [-0.2, 0) is 14.8 Å². The summed E-state index contributed by atoms with van der Waals surface area (Å²) in [4.78, 5) is 21.5. The molecule has 0 bridgehead atoms. The van der Waals surface area contributed by atoms with E-state index in [0.717, 1.165) is 12.1 Å². The van der Waals surface area contributed by atoms with Gasteiger partial charge in [-0.05, 0) is 31.2 Å². The van der Waals surface area contributed by atoms with Crippen molar-refractivity contribution >= 4 is 32.7 Å². The molecule has 1 atom stereocenters. The molecule has 4 rings (SSSR count). The number of anilines is 1. The van der Waals surface area contributed by atoms with Crippen LogP contribution >= 0.6 is 0 Å². The molecule has 1 saturated heterocycles. The van der Waals surface area contributed by atoms with E-state index in [1.54, 1.807) is 25.3 Å². The second-order valence-corrected chi connectivity index (χ2v) is 9.19. The zero-order chi connectivity index (χ0) is 22.2. The molecule has 0 saturated carbocycles. The van der Waals surface area contributed by atoms with Gasteiger partial charge < -0.3 is 10.3 Å². The highest BCUT2D eigenvalue weighted by atomic mass is 32.2. The molecular formula is C20H21F2N5O3S. The number of rotatable bonds is 5. The number of piperazine rings is 1. The first-order chi connectivity index (χ1) is 14.8. The lowest BCUT2D eigenvalue weighted by Crippen LogP contribution is -2.53. The Labute approximate surface area is 177 Å². The highest BCUT2D eigenvalue weighted by Gasteiger charge is 2.33. The Hall–Kier alpha value is -2.89. The van der Waals surface area contributed by atoms with E-state index < -0.39 is 33.6 Å². The first kappa shape index (κ1) is 21.3. The number of H-pyrrole nitrogens is 1. The van der Waals surface area contributed by atoms with Gasteiger partial charge in [-0.25, -0.2) is 22.2 Å². The van der Waals surface area contributed by atoms with Crippen molar-refractivity contribution in [3.8, 4) is 0 Å². The minimum absolute atomic E-state index is 0.104. The lowest BCUT2D eigenvalue weighted by Gasteiger charge is -2.36. The van der Waals surface area contributed by atoms with Crippen LogP contribution in [0, 0.1) is 11.6 Å². The quantitative estimate of drug-likeness (QED) is 0.622. The number of benzene rings is 1. The van der Waals surface area contributed by atoms with E-state index in [0.29, 0.717) is 30.2 Å². The van der Waals surface area contributed by atoms with Crippen molar-refractivity contribution in [3.05, 3.63) is 54.4 Å². The predicted octanol–water partition coefficient (Wildman–Crippen LogP) is 2.17. The molecule has 31 heavy (non-hydrogen) atoms. The Morgan fingerprint density at radius 2 is 1.94 bits per heavy atom. The van der Waals surface area contributed by atoms with E-state index in [-0.39, 0.29) is 23.7 Å². The van der Waals surface area contributed by atoms with Crippen LogP contribution in [0.25, 0.3) is 11.0 Å². The average Bonchev–Trinajstić information content (AvgIpc) is 3.20. The number of fused-ring (bicyclic) bond motifs is 1. The van der Waals surface area contributed by atoms with E-state index >= 15 is 0 Å². The molecule has 1 fully saturated rings. The van der Waals surface area contributed by atoms with Crippen molar-refractivity contribution in [2.75, 3.05) is 31.5 Å². The van der Waals surface area contributed by atoms with Gasteiger partial charge in [-0.1, -0.05) is 0 Å². The second kappa shape index (κ2) is 8.33. The minimum atomic E-state index is -3.72. The summed E-state index contributed by atoms with van der Waals surface area (Å²) in [5, 5.41) is 2.98. The van der Waals surface area contributed by atoms with Gasteiger partial charge in [0.25, 0.3) is 0 Å². The van der Waals surface area contributed by atoms with Gasteiger partial charge in [0.15, 0.2) is 0 Å². The maximum Gasteiger partial charge on any atom is 0.245 e. The monoisotopic (exact) mass is 449 g/mol. The van der Waals surface area contributed by atoms with E-state index in [1.165, 1.54) is 10.5 Å². The number of carbonyl (C=O) groups excluding carboxylic acids is 1. The molecule has 0 radical (unpaired) electrons. The summed E-state index contributed by atoms with van der Waals surface area (Å²) < 4.78 is 54.4. The first-order valence-electron chi connectivity index (χ1n) is 9.69. The van der Waals surface area contributed by atoms with E-state index in [4.69, 9.17) is 0 Å². The minimum Gasteiger partial charge on any atom is -0.345 e. The molecule has 1 aromatic carbocycles. The molecule has 164 valence electrons. The number of sulfonamides is 1. The third-order valence-corrected chi connectivity index (χ3v) is 7.36. The Bertz CT molecular complexity index is 1220. The number of hydrogen-bond donors (Lipinski definition) is 2. The molecule has 0 spiro atoms. The number of aromatic nitrogens is 2. The zero-order valence-electron chi connectivity index (χ0n) is 16.7. The van der Waals surface area contributed by atoms with Crippen LogP contribution in [-0.4, -0.2) is 65.7 Å². The topological polar surface area (TPSA) is 98.4 Å². The van der Waals surface area contributed by atoms with E-state index in [2.05, 4.69) is 15.3 Å². The number of nitrogens with one attached hydrogen (secondary N) is 2. The Morgan fingerprint density at radius 1 is 1.19 bits per heavy atom. The van der Waals surface area contributed by atoms with Gasteiger partial charge in [0.1, 0.15) is 22.2 Å². The number of carbonyl (C=O) groups is 1. The van der Waals surface area contributed by atoms with Crippen LogP contribution in [0.3, 0.4) is 0 Å². The van der Waals surface area contributed by atoms with Crippen molar-refractivity contribution in [2.24, 2.45) is 0 Å². The van der Waals surface area contributed by atoms with Gasteiger partial charge in [0.2, 0.25) is 15.9 Å². The summed E-state index contributed by atoms with van der Waals surface area (Å²) in [5.74, 6) is -2.04. The molecule has 2 N–H and O–H groups in total. The molecule has 3 heterocycles. The molecule has 8 nitrogen and oxygen atoms in total. The van der Waals surface area contributed by atoms with Gasteiger partial charge in [0, 0.05) is 50.0 Å². The molecule has 1 amide bonds. The van der Waals surface area contributed by atoms with E-state index in [1.807, 2.05) is 4.90 Å². The van der Waals surface area contributed by atoms with Crippen LogP contribution in [0.5, 0.6) is 0 Å².